The Balaban J connectivity index is 1.66. The van der Waals surface area contributed by atoms with Gasteiger partial charge >= 0.3 is 0 Å². The number of aromatic nitrogens is 4. The maximum absolute atomic E-state index is 12.8. The van der Waals surface area contributed by atoms with Gasteiger partial charge in [0.1, 0.15) is 6.04 Å². The second-order valence-electron chi connectivity index (χ2n) is 5.97. The van der Waals surface area contributed by atoms with Crippen molar-refractivity contribution in [2.24, 2.45) is 0 Å². The molecule has 0 spiro atoms. The Morgan fingerprint density at radius 2 is 1.76 bits per heavy atom. The zero-order valence-electron chi connectivity index (χ0n) is 14.2. The van der Waals surface area contributed by atoms with Crippen LogP contribution in [0.4, 0.5) is 5.95 Å². The molecule has 0 radical (unpaired) electrons. The van der Waals surface area contributed by atoms with E-state index in [0.717, 1.165) is 28.6 Å². The first kappa shape index (κ1) is 15.4. The minimum absolute atomic E-state index is 0.117. The molecule has 1 amide bonds. The predicted octanol–water partition coefficient (Wildman–Crippen LogP) is 3.61. The molecule has 2 heterocycles. The number of carbonyl (C=O) groups is 1. The van der Waals surface area contributed by atoms with Crippen LogP contribution in [0.5, 0.6) is 0 Å². The van der Waals surface area contributed by atoms with Gasteiger partial charge in [0, 0.05) is 6.54 Å². The van der Waals surface area contributed by atoms with E-state index in [1.54, 1.807) is 6.33 Å². The smallest absolute Gasteiger partial charge is 0.249 e. The second-order valence-corrected chi connectivity index (χ2v) is 5.97. The summed E-state index contributed by atoms with van der Waals surface area (Å²) < 4.78 is 3.88. The van der Waals surface area contributed by atoms with Crippen LogP contribution in [-0.4, -0.2) is 25.0 Å². The van der Waals surface area contributed by atoms with Crippen molar-refractivity contribution in [2.75, 3.05) is 5.32 Å². The number of nitrogens with zero attached hydrogens (tertiary/aromatic N) is 4. The van der Waals surface area contributed by atoms with Crippen LogP contribution < -0.4 is 5.32 Å². The van der Waals surface area contributed by atoms with E-state index >= 15 is 0 Å². The van der Waals surface area contributed by atoms with Crippen LogP contribution in [0.1, 0.15) is 19.9 Å². The van der Waals surface area contributed by atoms with E-state index in [-0.39, 0.29) is 5.91 Å². The molecule has 4 rings (SSSR count). The first-order valence-electron chi connectivity index (χ1n) is 8.36. The van der Waals surface area contributed by atoms with Gasteiger partial charge in [-0.3, -0.25) is 10.1 Å². The first-order chi connectivity index (χ1) is 12.2. The number of benzene rings is 2. The summed E-state index contributed by atoms with van der Waals surface area (Å²) in [6.07, 6.45) is 1.71. The third kappa shape index (κ3) is 2.55. The maximum atomic E-state index is 12.8. The molecule has 25 heavy (non-hydrogen) atoms. The number of imidazole rings is 2. The molecule has 1 atom stereocenters. The summed E-state index contributed by atoms with van der Waals surface area (Å²) in [4.78, 5) is 21.7. The largest absolute Gasteiger partial charge is 0.318 e. The number of amides is 1. The van der Waals surface area contributed by atoms with Crippen molar-refractivity contribution in [3.05, 3.63) is 54.9 Å². The molecule has 4 aromatic rings. The van der Waals surface area contributed by atoms with Gasteiger partial charge in [0.25, 0.3) is 0 Å². The number of hydrogen-bond acceptors (Lipinski definition) is 3. The van der Waals surface area contributed by atoms with Gasteiger partial charge in [0.05, 0.1) is 28.4 Å². The normalized spacial score (nSPS) is 12.6. The highest BCUT2D eigenvalue weighted by Crippen LogP contribution is 2.22. The number of rotatable bonds is 4. The van der Waals surface area contributed by atoms with Crippen LogP contribution in [0.25, 0.3) is 22.1 Å². The Kier molecular flexibility index (Phi) is 3.72. The van der Waals surface area contributed by atoms with Crippen molar-refractivity contribution in [3.8, 4) is 0 Å². The molecule has 0 aliphatic heterocycles. The average molecular weight is 333 g/mol. The van der Waals surface area contributed by atoms with Crippen molar-refractivity contribution in [3.63, 3.8) is 0 Å². The van der Waals surface area contributed by atoms with Crippen molar-refractivity contribution < 1.29 is 4.79 Å². The van der Waals surface area contributed by atoms with Crippen molar-refractivity contribution in [1.29, 1.82) is 0 Å². The van der Waals surface area contributed by atoms with Gasteiger partial charge in [-0.25, -0.2) is 9.97 Å². The second kappa shape index (κ2) is 6.05. The fraction of sp³-hybridized carbons (Fsp3) is 0.211. The molecule has 6 nitrogen and oxygen atoms in total. The van der Waals surface area contributed by atoms with Crippen LogP contribution in [0.2, 0.25) is 0 Å². The highest BCUT2D eigenvalue weighted by atomic mass is 16.2. The van der Waals surface area contributed by atoms with Crippen LogP contribution in [0.15, 0.2) is 54.9 Å². The number of para-hydroxylation sites is 4. The topological polar surface area (TPSA) is 64.7 Å². The van der Waals surface area contributed by atoms with Crippen LogP contribution >= 0.6 is 0 Å². The third-order valence-electron chi connectivity index (χ3n) is 4.48. The molecule has 2 aromatic heterocycles. The Morgan fingerprint density at radius 1 is 1.08 bits per heavy atom. The van der Waals surface area contributed by atoms with E-state index in [2.05, 4.69) is 15.3 Å². The molecule has 0 aliphatic rings. The Bertz CT molecular complexity index is 1060. The minimum Gasteiger partial charge on any atom is -0.318 e. The number of nitrogens with one attached hydrogen (secondary N) is 1. The molecule has 0 fully saturated rings. The minimum atomic E-state index is -0.391. The monoisotopic (exact) mass is 333 g/mol. The molecule has 126 valence electrons. The molecule has 0 bridgehead atoms. The predicted molar refractivity (Wildman–Crippen MR) is 98.5 cm³/mol. The maximum Gasteiger partial charge on any atom is 0.249 e. The van der Waals surface area contributed by atoms with Gasteiger partial charge in [-0.05, 0) is 38.1 Å². The van der Waals surface area contributed by atoms with Crippen molar-refractivity contribution in [2.45, 2.75) is 26.4 Å². The zero-order chi connectivity index (χ0) is 17.4. The lowest BCUT2D eigenvalue weighted by Gasteiger charge is -2.15. The van der Waals surface area contributed by atoms with Gasteiger partial charge in [-0.1, -0.05) is 24.3 Å². The average Bonchev–Trinajstić information content (AvgIpc) is 3.21. The molecular weight excluding hydrogens is 314 g/mol. The van der Waals surface area contributed by atoms with E-state index in [4.69, 9.17) is 0 Å². The summed E-state index contributed by atoms with van der Waals surface area (Å²) in [6.45, 7) is 4.64. The molecule has 0 saturated heterocycles. The summed E-state index contributed by atoms with van der Waals surface area (Å²) in [7, 11) is 0. The lowest BCUT2D eigenvalue weighted by Crippen LogP contribution is -2.25. The molecule has 0 saturated carbocycles. The molecule has 1 N–H and O–H groups in total. The molecule has 2 aromatic carbocycles. The van der Waals surface area contributed by atoms with Gasteiger partial charge in [-0.2, -0.15) is 0 Å². The van der Waals surface area contributed by atoms with E-state index in [9.17, 15) is 4.79 Å². The number of fused-ring (bicyclic) bond motifs is 2. The molecule has 6 heteroatoms. The number of anilines is 1. The highest BCUT2D eigenvalue weighted by Gasteiger charge is 2.20. The van der Waals surface area contributed by atoms with E-state index < -0.39 is 6.04 Å². The Labute approximate surface area is 145 Å². The molecule has 0 aliphatic carbocycles. The summed E-state index contributed by atoms with van der Waals surface area (Å²) in [6, 6.07) is 15.3. The van der Waals surface area contributed by atoms with E-state index in [0.29, 0.717) is 5.95 Å². The van der Waals surface area contributed by atoms with Crippen LogP contribution in [0, 0.1) is 0 Å². The number of hydrogen-bond donors (Lipinski definition) is 1. The lowest BCUT2D eigenvalue weighted by molar-refractivity contribution is -0.118. The van der Waals surface area contributed by atoms with Crippen LogP contribution in [-0.2, 0) is 11.3 Å². The fourth-order valence-electron chi connectivity index (χ4n) is 3.12. The fourth-order valence-corrected chi connectivity index (χ4v) is 3.12. The quantitative estimate of drug-likeness (QED) is 0.620. The lowest BCUT2D eigenvalue weighted by atomic mass is 10.2. The summed E-state index contributed by atoms with van der Waals surface area (Å²) in [5, 5.41) is 2.97. The van der Waals surface area contributed by atoms with E-state index in [1.807, 2.05) is 71.5 Å². The zero-order valence-corrected chi connectivity index (χ0v) is 14.2. The van der Waals surface area contributed by atoms with E-state index in [1.165, 1.54) is 0 Å². The third-order valence-corrected chi connectivity index (χ3v) is 4.48. The van der Waals surface area contributed by atoms with Crippen molar-refractivity contribution >= 4 is 33.9 Å². The standard InChI is InChI=1S/C19H19N5O/c1-3-23-17-11-7-5-9-15(17)21-19(23)22-18(25)13(2)24-12-20-14-8-4-6-10-16(14)24/h4-13H,3H2,1-2H3,(H,21,22,25). The first-order valence-corrected chi connectivity index (χ1v) is 8.36. The van der Waals surface area contributed by atoms with Gasteiger partial charge in [0.15, 0.2) is 0 Å². The number of carbonyl (C=O) groups excluding carboxylic acids is 1. The summed E-state index contributed by atoms with van der Waals surface area (Å²) in [5.74, 6) is 0.457. The SMILES string of the molecule is CCn1c(NC(=O)C(C)n2cnc3ccccc32)nc2ccccc21. The van der Waals surface area contributed by atoms with Crippen LogP contribution in [0.3, 0.4) is 0 Å². The number of aryl methyl sites for hydroxylation is 1. The van der Waals surface area contributed by atoms with Gasteiger partial charge in [-0.15, -0.1) is 0 Å². The Morgan fingerprint density at radius 3 is 2.52 bits per heavy atom. The highest BCUT2D eigenvalue weighted by molar-refractivity contribution is 5.95. The van der Waals surface area contributed by atoms with Gasteiger partial charge < -0.3 is 9.13 Å². The van der Waals surface area contributed by atoms with Gasteiger partial charge in [0.2, 0.25) is 11.9 Å². The molecular formula is C19H19N5O. The Hall–Kier alpha value is -3.15. The molecule has 1 unspecified atom stereocenters. The van der Waals surface area contributed by atoms with Crippen molar-refractivity contribution in [1.82, 2.24) is 19.1 Å². The summed E-state index contributed by atoms with van der Waals surface area (Å²) >= 11 is 0. The summed E-state index contributed by atoms with van der Waals surface area (Å²) in [5.41, 5.74) is 3.71.